The van der Waals surface area contributed by atoms with E-state index in [-0.39, 0.29) is 41.8 Å². The van der Waals surface area contributed by atoms with Crippen molar-refractivity contribution < 1.29 is 22.8 Å². The minimum atomic E-state index is -4.04. The number of rotatable bonds is 10. The Morgan fingerprint density at radius 3 is 2.39 bits per heavy atom. The van der Waals surface area contributed by atoms with Crippen molar-refractivity contribution in [3.63, 3.8) is 0 Å². The SMILES string of the molecule is CCC(C(=O)NCC(C)C)N(Cc1ccc(Cl)c(Cl)c1)C(=O)CCN1C(=O)c2ccccc2S1(=O)=O. The van der Waals surface area contributed by atoms with Gasteiger partial charge in [0, 0.05) is 26.1 Å². The van der Waals surface area contributed by atoms with Crippen LogP contribution in [0, 0.1) is 5.92 Å². The lowest BCUT2D eigenvalue weighted by atomic mass is 10.1. The predicted octanol–water partition coefficient (Wildman–Crippen LogP) is 4.11. The zero-order valence-corrected chi connectivity index (χ0v) is 22.7. The number of hydrogen-bond acceptors (Lipinski definition) is 5. The molecule has 0 radical (unpaired) electrons. The normalized spacial score (nSPS) is 15.1. The molecule has 1 aliphatic rings. The molecule has 0 saturated carbocycles. The van der Waals surface area contributed by atoms with Crippen molar-refractivity contribution in [1.29, 1.82) is 0 Å². The number of benzene rings is 2. The van der Waals surface area contributed by atoms with Gasteiger partial charge >= 0.3 is 0 Å². The van der Waals surface area contributed by atoms with E-state index in [1.54, 1.807) is 37.3 Å². The number of fused-ring (bicyclic) bond motifs is 1. The summed E-state index contributed by atoms with van der Waals surface area (Å²) in [5, 5.41) is 3.53. The second-order valence-electron chi connectivity index (χ2n) is 8.96. The molecule has 0 aromatic heterocycles. The van der Waals surface area contributed by atoms with Crippen LogP contribution in [0.3, 0.4) is 0 Å². The summed E-state index contributed by atoms with van der Waals surface area (Å²) in [6.45, 7) is 5.89. The standard InChI is InChI=1S/C25H29Cl2N3O5S/c1-4-21(24(32)28-14-16(2)3)29(15-17-9-10-19(26)20(27)13-17)23(31)11-12-30-25(33)18-7-5-6-8-22(18)36(30,34)35/h5-10,13,16,21H,4,11-12,14-15H2,1-3H3,(H,28,32). The van der Waals surface area contributed by atoms with Crippen LogP contribution in [-0.2, 0) is 26.2 Å². The first-order valence-electron chi connectivity index (χ1n) is 11.6. The Bertz CT molecular complexity index is 1270. The van der Waals surface area contributed by atoms with Crippen LogP contribution in [0.5, 0.6) is 0 Å². The lowest BCUT2D eigenvalue weighted by Gasteiger charge is -2.31. The molecule has 0 fully saturated rings. The summed E-state index contributed by atoms with van der Waals surface area (Å²) < 4.78 is 26.5. The number of carbonyl (C=O) groups excluding carboxylic acids is 3. The van der Waals surface area contributed by atoms with Gasteiger partial charge in [0.25, 0.3) is 15.9 Å². The van der Waals surface area contributed by atoms with Gasteiger partial charge in [-0.3, -0.25) is 14.4 Å². The van der Waals surface area contributed by atoms with Crippen molar-refractivity contribution in [1.82, 2.24) is 14.5 Å². The molecular formula is C25H29Cl2N3O5S. The number of amides is 3. The third kappa shape index (κ3) is 6.02. The van der Waals surface area contributed by atoms with Crippen LogP contribution in [0.15, 0.2) is 47.4 Å². The van der Waals surface area contributed by atoms with E-state index in [0.29, 0.717) is 32.9 Å². The van der Waals surface area contributed by atoms with E-state index >= 15 is 0 Å². The molecule has 0 bridgehead atoms. The van der Waals surface area contributed by atoms with E-state index in [9.17, 15) is 22.8 Å². The van der Waals surface area contributed by atoms with Crippen LogP contribution in [0.2, 0.25) is 10.0 Å². The van der Waals surface area contributed by atoms with Crippen molar-refractivity contribution in [2.24, 2.45) is 5.92 Å². The fourth-order valence-corrected chi connectivity index (χ4v) is 5.86. The highest BCUT2D eigenvalue weighted by molar-refractivity contribution is 7.90. The largest absolute Gasteiger partial charge is 0.354 e. The maximum Gasteiger partial charge on any atom is 0.269 e. The number of nitrogens with one attached hydrogen (secondary N) is 1. The molecule has 3 amide bonds. The summed E-state index contributed by atoms with van der Waals surface area (Å²) >= 11 is 12.2. The average molecular weight is 554 g/mol. The number of nitrogens with zero attached hydrogens (tertiary/aromatic N) is 2. The Balaban J connectivity index is 1.84. The van der Waals surface area contributed by atoms with Gasteiger partial charge in [-0.05, 0) is 42.2 Å². The molecule has 1 aliphatic heterocycles. The quantitative estimate of drug-likeness (QED) is 0.476. The molecule has 1 unspecified atom stereocenters. The highest BCUT2D eigenvalue weighted by Gasteiger charge is 2.41. The molecule has 8 nitrogen and oxygen atoms in total. The van der Waals surface area contributed by atoms with Crippen molar-refractivity contribution >= 4 is 50.9 Å². The Kier molecular flexibility index (Phi) is 9.03. The first-order chi connectivity index (χ1) is 17.0. The molecule has 36 heavy (non-hydrogen) atoms. The topological polar surface area (TPSA) is 104 Å². The van der Waals surface area contributed by atoms with Crippen molar-refractivity contribution in [2.75, 3.05) is 13.1 Å². The van der Waals surface area contributed by atoms with Crippen LogP contribution >= 0.6 is 23.2 Å². The predicted molar refractivity (Wildman–Crippen MR) is 138 cm³/mol. The Hall–Kier alpha value is -2.62. The highest BCUT2D eigenvalue weighted by atomic mass is 35.5. The second kappa shape index (κ2) is 11.6. The average Bonchev–Trinajstić information content (AvgIpc) is 3.03. The minimum Gasteiger partial charge on any atom is -0.354 e. The highest BCUT2D eigenvalue weighted by Crippen LogP contribution is 2.30. The van der Waals surface area contributed by atoms with Crippen LogP contribution in [0.1, 0.15) is 49.5 Å². The Morgan fingerprint density at radius 1 is 1.08 bits per heavy atom. The summed E-state index contributed by atoms with van der Waals surface area (Å²) in [6.07, 6.45) is 0.0532. The molecule has 1 atom stereocenters. The number of carbonyl (C=O) groups is 3. The van der Waals surface area contributed by atoms with Gasteiger partial charge in [0.1, 0.15) is 10.9 Å². The van der Waals surface area contributed by atoms with E-state index < -0.39 is 27.9 Å². The molecule has 2 aromatic carbocycles. The van der Waals surface area contributed by atoms with Gasteiger partial charge in [-0.25, -0.2) is 12.7 Å². The molecule has 1 heterocycles. The molecule has 0 saturated heterocycles. The first-order valence-corrected chi connectivity index (χ1v) is 13.8. The fraction of sp³-hybridized carbons (Fsp3) is 0.400. The zero-order valence-electron chi connectivity index (χ0n) is 20.3. The van der Waals surface area contributed by atoms with Gasteiger partial charge in [0.15, 0.2) is 0 Å². The molecule has 2 aromatic rings. The van der Waals surface area contributed by atoms with Crippen LogP contribution in [0.4, 0.5) is 0 Å². The van der Waals surface area contributed by atoms with Crippen molar-refractivity contribution in [2.45, 2.75) is 51.1 Å². The van der Waals surface area contributed by atoms with Crippen LogP contribution in [-0.4, -0.2) is 54.5 Å². The van der Waals surface area contributed by atoms with Gasteiger partial charge < -0.3 is 10.2 Å². The summed E-state index contributed by atoms with van der Waals surface area (Å²) in [5.41, 5.74) is 0.738. The van der Waals surface area contributed by atoms with Gasteiger partial charge in [-0.15, -0.1) is 0 Å². The summed E-state index contributed by atoms with van der Waals surface area (Å²) in [6, 6.07) is 10.1. The van der Waals surface area contributed by atoms with Crippen LogP contribution < -0.4 is 5.32 Å². The lowest BCUT2D eigenvalue weighted by Crippen LogP contribution is -2.50. The fourth-order valence-electron chi connectivity index (χ4n) is 3.97. The lowest BCUT2D eigenvalue weighted by molar-refractivity contribution is -0.141. The van der Waals surface area contributed by atoms with Crippen molar-refractivity contribution in [3.05, 3.63) is 63.6 Å². The van der Waals surface area contributed by atoms with Gasteiger partial charge in [0.05, 0.1) is 15.6 Å². The molecule has 1 N–H and O–H groups in total. The molecule has 11 heteroatoms. The zero-order chi connectivity index (χ0) is 26.6. The molecule has 3 rings (SSSR count). The second-order valence-corrected chi connectivity index (χ2v) is 11.6. The van der Waals surface area contributed by atoms with Gasteiger partial charge in [-0.2, -0.15) is 0 Å². The van der Waals surface area contributed by atoms with E-state index in [1.807, 2.05) is 13.8 Å². The molecular weight excluding hydrogens is 525 g/mol. The molecule has 194 valence electrons. The Labute approximate surface area is 221 Å². The van der Waals surface area contributed by atoms with E-state index in [4.69, 9.17) is 23.2 Å². The smallest absolute Gasteiger partial charge is 0.269 e. The summed E-state index contributed by atoms with van der Waals surface area (Å²) in [7, 11) is -4.04. The minimum absolute atomic E-state index is 0.0598. The Morgan fingerprint density at radius 2 is 1.78 bits per heavy atom. The molecule has 0 aliphatic carbocycles. The number of hydrogen-bond donors (Lipinski definition) is 1. The third-order valence-corrected chi connectivity index (χ3v) is 8.43. The van der Waals surface area contributed by atoms with Crippen molar-refractivity contribution in [3.8, 4) is 0 Å². The maximum absolute atomic E-state index is 13.4. The van der Waals surface area contributed by atoms with Gasteiger partial charge in [-0.1, -0.05) is 62.2 Å². The van der Waals surface area contributed by atoms with E-state index in [0.717, 1.165) is 0 Å². The molecule has 0 spiro atoms. The van der Waals surface area contributed by atoms with Gasteiger partial charge in [0.2, 0.25) is 11.8 Å². The third-order valence-electron chi connectivity index (χ3n) is 5.85. The maximum atomic E-state index is 13.4. The monoisotopic (exact) mass is 553 g/mol. The summed E-state index contributed by atoms with van der Waals surface area (Å²) in [4.78, 5) is 40.5. The number of halogens is 2. The van der Waals surface area contributed by atoms with E-state index in [1.165, 1.54) is 17.0 Å². The van der Waals surface area contributed by atoms with Crippen LogP contribution in [0.25, 0.3) is 0 Å². The first kappa shape index (κ1) is 28.0. The number of sulfonamides is 1. The summed E-state index contributed by atoms with van der Waals surface area (Å²) in [5.74, 6) is -1.22. The van der Waals surface area contributed by atoms with E-state index in [2.05, 4.69) is 5.32 Å².